The number of benzene rings is 2. The van der Waals surface area contributed by atoms with Gasteiger partial charge in [-0.05, 0) is 49.7 Å². The molecule has 28 heavy (non-hydrogen) atoms. The number of nitriles is 1. The van der Waals surface area contributed by atoms with E-state index in [1.165, 1.54) is 32.9 Å². The zero-order valence-corrected chi connectivity index (χ0v) is 17.3. The highest BCUT2D eigenvalue weighted by Gasteiger charge is 2.34. The molecule has 0 radical (unpaired) electrons. The number of piperazine rings is 1. The zero-order chi connectivity index (χ0) is 20.5. The molecule has 148 valence electrons. The molecule has 1 aliphatic rings. The summed E-state index contributed by atoms with van der Waals surface area (Å²) in [4.78, 5) is 0.346. The van der Waals surface area contributed by atoms with Crippen molar-refractivity contribution in [3.8, 4) is 6.07 Å². The van der Waals surface area contributed by atoms with Crippen LogP contribution < -0.4 is 0 Å². The van der Waals surface area contributed by atoms with E-state index in [1.807, 2.05) is 19.1 Å². The van der Waals surface area contributed by atoms with Gasteiger partial charge < -0.3 is 0 Å². The Balaban J connectivity index is 1.77. The molecule has 0 amide bonds. The molecular weight excluding hydrogens is 398 g/mol. The topological polar surface area (TPSA) is 98.6 Å². The molecule has 0 N–H and O–H groups in total. The van der Waals surface area contributed by atoms with Gasteiger partial charge in [-0.3, -0.25) is 0 Å². The van der Waals surface area contributed by atoms with E-state index in [-0.39, 0.29) is 36.0 Å². The molecule has 0 aromatic heterocycles. The minimum atomic E-state index is -3.73. The maximum absolute atomic E-state index is 12.9. The van der Waals surface area contributed by atoms with Crippen LogP contribution in [0, 0.1) is 25.2 Å². The molecule has 1 saturated heterocycles. The highest BCUT2D eigenvalue weighted by Crippen LogP contribution is 2.24. The summed E-state index contributed by atoms with van der Waals surface area (Å²) in [6.07, 6.45) is 0. The molecule has 1 fully saturated rings. The fourth-order valence-corrected chi connectivity index (χ4v) is 6.28. The van der Waals surface area contributed by atoms with Crippen LogP contribution in [0.5, 0.6) is 0 Å². The lowest BCUT2D eigenvalue weighted by Crippen LogP contribution is -2.50. The van der Waals surface area contributed by atoms with Crippen LogP contribution in [-0.2, 0) is 20.0 Å². The standard InChI is InChI=1S/C19H21N3O4S2/c1-15-3-8-19(16(2)13-15)28(25,26)22-11-9-21(10-12-22)27(23,24)18-6-4-17(14-20)5-7-18/h3-8,13H,9-12H2,1-2H3. The van der Waals surface area contributed by atoms with Gasteiger partial charge in [-0.2, -0.15) is 13.9 Å². The van der Waals surface area contributed by atoms with E-state index in [0.717, 1.165) is 5.56 Å². The summed E-state index contributed by atoms with van der Waals surface area (Å²) in [5.41, 5.74) is 2.03. The van der Waals surface area contributed by atoms with Crippen molar-refractivity contribution in [1.29, 1.82) is 5.26 Å². The summed E-state index contributed by atoms with van der Waals surface area (Å²) in [5.74, 6) is 0. The average molecular weight is 420 g/mol. The third kappa shape index (κ3) is 3.82. The van der Waals surface area contributed by atoms with E-state index in [4.69, 9.17) is 5.26 Å². The third-order valence-electron chi connectivity index (χ3n) is 4.77. The third-order valence-corrected chi connectivity index (χ3v) is 8.74. The maximum atomic E-state index is 12.9. The Bertz CT molecular complexity index is 1130. The molecule has 0 bridgehead atoms. The van der Waals surface area contributed by atoms with Gasteiger partial charge in [-0.1, -0.05) is 17.7 Å². The first-order chi connectivity index (χ1) is 13.2. The predicted molar refractivity (Wildman–Crippen MR) is 105 cm³/mol. The SMILES string of the molecule is Cc1ccc(S(=O)(=O)N2CCN(S(=O)(=O)c3ccc(C#N)cc3)CC2)c(C)c1. The average Bonchev–Trinajstić information content (AvgIpc) is 2.68. The molecule has 1 heterocycles. The van der Waals surface area contributed by atoms with Crippen LogP contribution in [0.4, 0.5) is 0 Å². The molecule has 2 aromatic rings. The van der Waals surface area contributed by atoms with Crippen molar-refractivity contribution >= 4 is 20.0 Å². The Hall–Kier alpha value is -2.25. The van der Waals surface area contributed by atoms with Crippen LogP contribution in [0.15, 0.2) is 52.3 Å². The first-order valence-corrected chi connectivity index (χ1v) is 11.6. The Morgan fingerprint density at radius 2 is 1.36 bits per heavy atom. The predicted octanol–water partition coefficient (Wildman–Crippen LogP) is 1.87. The molecule has 1 aliphatic heterocycles. The number of sulfonamides is 2. The van der Waals surface area contributed by atoms with Crippen LogP contribution in [0.25, 0.3) is 0 Å². The van der Waals surface area contributed by atoms with Crippen molar-refractivity contribution in [2.24, 2.45) is 0 Å². The number of hydrogen-bond acceptors (Lipinski definition) is 5. The van der Waals surface area contributed by atoms with Crippen molar-refractivity contribution in [1.82, 2.24) is 8.61 Å². The molecule has 0 unspecified atom stereocenters. The Labute approximate surface area is 165 Å². The Kier molecular flexibility index (Phi) is 5.59. The second kappa shape index (κ2) is 7.64. The minimum Gasteiger partial charge on any atom is -0.207 e. The van der Waals surface area contributed by atoms with Gasteiger partial charge in [0.1, 0.15) is 0 Å². The summed E-state index contributed by atoms with van der Waals surface area (Å²) in [6, 6.07) is 12.8. The monoisotopic (exact) mass is 419 g/mol. The smallest absolute Gasteiger partial charge is 0.207 e. The van der Waals surface area contributed by atoms with Crippen molar-refractivity contribution in [2.45, 2.75) is 23.6 Å². The van der Waals surface area contributed by atoms with Gasteiger partial charge in [0, 0.05) is 26.2 Å². The van der Waals surface area contributed by atoms with Gasteiger partial charge in [-0.25, -0.2) is 16.8 Å². The lowest BCUT2D eigenvalue weighted by molar-refractivity contribution is 0.272. The van der Waals surface area contributed by atoms with Crippen molar-refractivity contribution < 1.29 is 16.8 Å². The zero-order valence-electron chi connectivity index (χ0n) is 15.7. The largest absolute Gasteiger partial charge is 0.243 e. The van der Waals surface area contributed by atoms with E-state index in [9.17, 15) is 16.8 Å². The summed E-state index contributed by atoms with van der Waals surface area (Å²) >= 11 is 0. The molecule has 0 aliphatic carbocycles. The molecule has 2 aromatic carbocycles. The minimum absolute atomic E-state index is 0.0759. The molecule has 0 spiro atoms. The summed E-state index contributed by atoms with van der Waals surface area (Å²) < 4.78 is 54.1. The molecule has 7 nitrogen and oxygen atoms in total. The fourth-order valence-electron chi connectivity index (χ4n) is 3.23. The quantitative estimate of drug-likeness (QED) is 0.753. The van der Waals surface area contributed by atoms with Crippen LogP contribution in [0.3, 0.4) is 0 Å². The number of aryl methyl sites for hydroxylation is 2. The van der Waals surface area contributed by atoms with Gasteiger partial charge >= 0.3 is 0 Å². The second-order valence-electron chi connectivity index (χ2n) is 6.71. The lowest BCUT2D eigenvalue weighted by Gasteiger charge is -2.33. The van der Waals surface area contributed by atoms with E-state index in [1.54, 1.807) is 19.1 Å². The maximum Gasteiger partial charge on any atom is 0.243 e. The van der Waals surface area contributed by atoms with Crippen LogP contribution in [0.1, 0.15) is 16.7 Å². The molecule has 9 heteroatoms. The van der Waals surface area contributed by atoms with Gasteiger partial charge in [0.15, 0.2) is 0 Å². The highest BCUT2D eigenvalue weighted by molar-refractivity contribution is 7.89. The first kappa shape index (κ1) is 20.5. The van der Waals surface area contributed by atoms with Crippen molar-refractivity contribution in [3.63, 3.8) is 0 Å². The van der Waals surface area contributed by atoms with E-state index < -0.39 is 20.0 Å². The second-order valence-corrected chi connectivity index (χ2v) is 10.6. The van der Waals surface area contributed by atoms with Gasteiger partial charge in [0.05, 0.1) is 21.4 Å². The molecule has 3 rings (SSSR count). The summed E-state index contributed by atoms with van der Waals surface area (Å²) in [6.45, 7) is 3.98. The normalized spacial score (nSPS) is 16.6. The van der Waals surface area contributed by atoms with Crippen LogP contribution in [-0.4, -0.2) is 51.6 Å². The molecule has 0 saturated carbocycles. The van der Waals surface area contributed by atoms with Crippen molar-refractivity contribution in [3.05, 3.63) is 59.2 Å². The summed E-state index contributed by atoms with van der Waals surface area (Å²) in [5, 5.41) is 8.84. The van der Waals surface area contributed by atoms with Crippen LogP contribution >= 0.6 is 0 Å². The Morgan fingerprint density at radius 1 is 0.821 bits per heavy atom. The Morgan fingerprint density at radius 3 is 1.86 bits per heavy atom. The highest BCUT2D eigenvalue weighted by atomic mass is 32.2. The lowest BCUT2D eigenvalue weighted by atomic mass is 10.2. The molecule has 0 atom stereocenters. The van der Waals surface area contributed by atoms with Gasteiger partial charge in [0.2, 0.25) is 20.0 Å². The van der Waals surface area contributed by atoms with E-state index >= 15 is 0 Å². The fraction of sp³-hybridized carbons (Fsp3) is 0.316. The van der Waals surface area contributed by atoms with Gasteiger partial charge in [0.25, 0.3) is 0 Å². The van der Waals surface area contributed by atoms with Crippen LogP contribution in [0.2, 0.25) is 0 Å². The van der Waals surface area contributed by atoms with Gasteiger partial charge in [-0.15, -0.1) is 0 Å². The van der Waals surface area contributed by atoms with E-state index in [0.29, 0.717) is 11.1 Å². The summed E-state index contributed by atoms with van der Waals surface area (Å²) in [7, 11) is -7.41. The number of rotatable bonds is 4. The number of hydrogen-bond donors (Lipinski definition) is 0. The van der Waals surface area contributed by atoms with E-state index in [2.05, 4.69) is 0 Å². The molecular formula is C19H21N3O4S2. The van der Waals surface area contributed by atoms with Crippen molar-refractivity contribution in [2.75, 3.05) is 26.2 Å². The number of nitrogens with zero attached hydrogens (tertiary/aromatic N) is 3. The first-order valence-electron chi connectivity index (χ1n) is 8.74.